The van der Waals surface area contributed by atoms with Gasteiger partial charge in [0.1, 0.15) is 0 Å². The van der Waals surface area contributed by atoms with Gasteiger partial charge in [-0.1, -0.05) is 0 Å². The van der Waals surface area contributed by atoms with Gasteiger partial charge in [-0.05, 0) is 0 Å². The Hall–Kier alpha value is -0.261. The zero-order valence-corrected chi connectivity index (χ0v) is 28.7. The van der Waals surface area contributed by atoms with Gasteiger partial charge in [0.15, 0.2) is 0 Å². The molecule has 0 spiro atoms. The van der Waals surface area contributed by atoms with Crippen LogP contribution in [0.3, 0.4) is 0 Å². The molecule has 0 saturated heterocycles. The van der Waals surface area contributed by atoms with Gasteiger partial charge in [0.25, 0.3) is 0 Å². The zero-order chi connectivity index (χ0) is 27.8. The SMILES string of the molecule is CCCCCCC[CH2][Sn]([CH2]CCCCCCC)([O]C(=O)[C@H](CC)CCCC)[O]C(=O)[C@H](CC)CCCC. The van der Waals surface area contributed by atoms with Crippen LogP contribution in [-0.2, 0) is 15.7 Å². The second-order valence-electron chi connectivity index (χ2n) is 11.3. The molecule has 0 aromatic heterocycles. The van der Waals surface area contributed by atoms with E-state index in [4.69, 9.17) is 6.15 Å². The molecule has 0 aliphatic rings. The van der Waals surface area contributed by atoms with Crippen molar-refractivity contribution in [3.8, 4) is 0 Å². The Morgan fingerprint density at radius 1 is 0.486 bits per heavy atom. The van der Waals surface area contributed by atoms with Gasteiger partial charge in [0.2, 0.25) is 0 Å². The summed E-state index contributed by atoms with van der Waals surface area (Å²) < 4.78 is 14.8. The molecule has 5 heteroatoms. The fourth-order valence-electron chi connectivity index (χ4n) is 5.11. The summed E-state index contributed by atoms with van der Waals surface area (Å²) in [5, 5.41) is 0. The van der Waals surface area contributed by atoms with E-state index in [9.17, 15) is 9.59 Å². The van der Waals surface area contributed by atoms with E-state index in [1.165, 1.54) is 51.4 Å². The van der Waals surface area contributed by atoms with Crippen LogP contribution in [0.2, 0.25) is 8.87 Å². The van der Waals surface area contributed by atoms with E-state index in [1.807, 2.05) is 0 Å². The summed E-state index contributed by atoms with van der Waals surface area (Å²) in [5.74, 6) is -0.270. The Bertz CT molecular complexity index is 503. The van der Waals surface area contributed by atoms with E-state index >= 15 is 0 Å². The van der Waals surface area contributed by atoms with Crippen LogP contribution in [0.15, 0.2) is 0 Å². The molecule has 4 nitrogen and oxygen atoms in total. The fraction of sp³-hybridized carbons (Fsp3) is 0.938. The maximum absolute atomic E-state index is 13.5. The molecule has 2 atom stereocenters. The van der Waals surface area contributed by atoms with Crippen molar-refractivity contribution in [2.45, 2.75) is 179 Å². The molecule has 0 radical (unpaired) electrons. The molecule has 0 N–H and O–H groups in total. The van der Waals surface area contributed by atoms with Crippen LogP contribution in [0, 0.1) is 11.8 Å². The average molecular weight is 632 g/mol. The van der Waals surface area contributed by atoms with E-state index in [-0.39, 0.29) is 23.8 Å². The summed E-state index contributed by atoms with van der Waals surface area (Å²) in [6.07, 6.45) is 21.9. The number of carbonyl (C=O) groups is 2. The third kappa shape index (κ3) is 17.9. The first-order valence-electron chi connectivity index (χ1n) is 16.4. The van der Waals surface area contributed by atoms with Crippen molar-refractivity contribution >= 4 is 31.1 Å². The van der Waals surface area contributed by atoms with Gasteiger partial charge in [-0.15, -0.1) is 0 Å². The molecule has 0 bridgehead atoms. The van der Waals surface area contributed by atoms with Crippen LogP contribution in [-0.4, -0.2) is 31.1 Å². The molecule has 0 fully saturated rings. The van der Waals surface area contributed by atoms with Gasteiger partial charge in [-0.3, -0.25) is 0 Å². The van der Waals surface area contributed by atoms with Crippen molar-refractivity contribution in [2.75, 3.05) is 0 Å². The molecule has 220 valence electrons. The van der Waals surface area contributed by atoms with Crippen molar-refractivity contribution in [1.29, 1.82) is 0 Å². The molecule has 0 unspecified atom stereocenters. The Labute approximate surface area is 236 Å². The second kappa shape index (κ2) is 24.8. The number of hydrogen-bond acceptors (Lipinski definition) is 4. The van der Waals surface area contributed by atoms with Crippen LogP contribution in [0.1, 0.15) is 170 Å². The summed E-state index contributed by atoms with van der Waals surface area (Å²) in [4.78, 5) is 27.0. The summed E-state index contributed by atoms with van der Waals surface area (Å²) in [5.41, 5.74) is 0. The van der Waals surface area contributed by atoms with Gasteiger partial charge in [-0.25, -0.2) is 0 Å². The molecule has 0 aromatic carbocycles. The monoisotopic (exact) mass is 632 g/mol. The maximum atomic E-state index is 13.5. The van der Waals surface area contributed by atoms with Crippen LogP contribution in [0.4, 0.5) is 0 Å². The predicted molar refractivity (Wildman–Crippen MR) is 161 cm³/mol. The van der Waals surface area contributed by atoms with E-state index in [0.29, 0.717) is 0 Å². The van der Waals surface area contributed by atoms with Crippen molar-refractivity contribution < 1.29 is 15.7 Å². The standard InChI is InChI=1S/2C8H16O2.2C8H17.Sn/c2*1-3-5-6-7(4-2)8(9)10;2*1-3-5-7-8-6-4-2;/h2*7H,3-6H2,1-2H3,(H,9,10);2*1,3-8H2,2H3;/q;;;;+2/p-2/t2*7-;;;/m11.../s1. The summed E-state index contributed by atoms with van der Waals surface area (Å²) in [7, 11) is 0. The molecular weight excluding hydrogens is 567 g/mol. The number of carbonyl (C=O) groups excluding carboxylic acids is 2. The van der Waals surface area contributed by atoms with Crippen molar-refractivity contribution in [3.05, 3.63) is 0 Å². The molecule has 0 saturated carbocycles. The summed E-state index contributed by atoms with van der Waals surface area (Å²) >= 11 is -3.96. The first-order chi connectivity index (χ1) is 17.9. The molecular formula is C32H64O4Sn. The number of hydrogen-bond donors (Lipinski definition) is 0. The van der Waals surface area contributed by atoms with Crippen molar-refractivity contribution in [1.82, 2.24) is 0 Å². The van der Waals surface area contributed by atoms with Gasteiger partial charge in [0.05, 0.1) is 0 Å². The third-order valence-electron chi connectivity index (χ3n) is 7.86. The minimum atomic E-state index is -3.96. The third-order valence-corrected chi connectivity index (χ3v) is 17.5. The fourth-order valence-corrected chi connectivity index (χ4v) is 14.7. The Morgan fingerprint density at radius 3 is 1.14 bits per heavy atom. The molecule has 0 rings (SSSR count). The molecule has 0 aliphatic carbocycles. The molecule has 0 heterocycles. The van der Waals surface area contributed by atoms with Gasteiger partial charge in [-0.2, -0.15) is 0 Å². The first-order valence-corrected chi connectivity index (χ1v) is 22.8. The molecule has 0 aliphatic heterocycles. The predicted octanol–water partition coefficient (Wildman–Crippen LogP) is 10.7. The Morgan fingerprint density at radius 2 is 0.811 bits per heavy atom. The average Bonchev–Trinajstić information content (AvgIpc) is 2.89. The Balaban J connectivity index is 5.71. The molecule has 0 aromatic rings. The van der Waals surface area contributed by atoms with Crippen LogP contribution in [0.5, 0.6) is 0 Å². The topological polar surface area (TPSA) is 52.6 Å². The molecule has 37 heavy (non-hydrogen) atoms. The summed E-state index contributed by atoms with van der Waals surface area (Å²) in [6, 6.07) is 0. The van der Waals surface area contributed by atoms with Crippen molar-refractivity contribution in [2.24, 2.45) is 11.8 Å². The van der Waals surface area contributed by atoms with Gasteiger partial charge >= 0.3 is 238 Å². The van der Waals surface area contributed by atoms with Crippen LogP contribution >= 0.6 is 0 Å². The van der Waals surface area contributed by atoms with Crippen LogP contribution in [0.25, 0.3) is 0 Å². The van der Waals surface area contributed by atoms with Gasteiger partial charge < -0.3 is 0 Å². The first kappa shape index (κ1) is 36.7. The summed E-state index contributed by atoms with van der Waals surface area (Å²) in [6.45, 7) is 13.0. The van der Waals surface area contributed by atoms with E-state index < -0.39 is 19.2 Å². The van der Waals surface area contributed by atoms with Gasteiger partial charge in [0, 0.05) is 0 Å². The van der Waals surface area contributed by atoms with E-state index in [2.05, 4.69) is 41.5 Å². The van der Waals surface area contributed by atoms with E-state index in [1.54, 1.807) is 0 Å². The van der Waals surface area contributed by atoms with Crippen LogP contribution < -0.4 is 0 Å². The van der Waals surface area contributed by atoms with E-state index in [0.717, 1.165) is 85.9 Å². The second-order valence-corrected chi connectivity index (χ2v) is 20.5. The quantitative estimate of drug-likeness (QED) is 0.0704. The number of rotatable bonds is 26. The normalized spacial score (nSPS) is 13.4. The molecule has 0 amide bonds. The minimum absolute atomic E-state index is 0.0640. The zero-order valence-electron chi connectivity index (χ0n) is 25.8. The Kier molecular flexibility index (Phi) is 24.6. The van der Waals surface area contributed by atoms with Crippen molar-refractivity contribution in [3.63, 3.8) is 0 Å². The number of unbranched alkanes of at least 4 members (excludes halogenated alkanes) is 12.